The average Bonchev–Trinajstić information content (AvgIpc) is 3.14. The largest absolute Gasteiger partial charge is 0.353 e. The Morgan fingerprint density at radius 3 is 2.47 bits per heavy atom. The van der Waals surface area contributed by atoms with Crippen LogP contribution in [-0.4, -0.2) is 62.1 Å². The number of carbonyl (C=O) groups is 1. The molecule has 5 rings (SSSR count). The number of carbonyl (C=O) groups excluding carboxylic acids is 1. The number of nitrogens with zero attached hydrogens (tertiary/aromatic N) is 5. The van der Waals surface area contributed by atoms with E-state index < -0.39 is 0 Å². The molecular formula is C27H29N5O2S2. The van der Waals surface area contributed by atoms with Gasteiger partial charge in [0.1, 0.15) is 15.8 Å². The minimum Gasteiger partial charge on any atom is -0.353 e. The Hall–Kier alpha value is -3.01. The lowest BCUT2D eigenvalue weighted by Gasteiger charge is -2.36. The summed E-state index contributed by atoms with van der Waals surface area (Å²) < 4.78 is 2.07. The third-order valence-corrected chi connectivity index (χ3v) is 7.74. The number of pyridine rings is 1. The van der Waals surface area contributed by atoms with Gasteiger partial charge >= 0.3 is 0 Å². The minimum absolute atomic E-state index is 0.144. The first-order valence-corrected chi connectivity index (χ1v) is 13.4. The van der Waals surface area contributed by atoms with Crippen LogP contribution in [0.1, 0.15) is 25.0 Å². The van der Waals surface area contributed by atoms with E-state index in [9.17, 15) is 9.59 Å². The van der Waals surface area contributed by atoms with Gasteiger partial charge in [-0.1, -0.05) is 74.2 Å². The second-order valence-electron chi connectivity index (χ2n) is 9.52. The molecule has 2 fully saturated rings. The van der Waals surface area contributed by atoms with Crippen LogP contribution in [0, 0.1) is 5.92 Å². The zero-order valence-corrected chi connectivity index (χ0v) is 22.1. The summed E-state index contributed by atoms with van der Waals surface area (Å²) in [5, 5.41) is 0. The molecule has 7 nitrogen and oxygen atoms in total. The summed E-state index contributed by atoms with van der Waals surface area (Å²) in [6.07, 6.45) is 3.41. The van der Waals surface area contributed by atoms with E-state index in [0.29, 0.717) is 38.7 Å². The van der Waals surface area contributed by atoms with Crippen molar-refractivity contribution in [1.82, 2.24) is 19.2 Å². The molecule has 0 saturated carbocycles. The van der Waals surface area contributed by atoms with Crippen LogP contribution in [0.3, 0.4) is 0 Å². The molecule has 0 unspecified atom stereocenters. The Morgan fingerprint density at radius 2 is 1.75 bits per heavy atom. The quantitative estimate of drug-likeness (QED) is 0.362. The molecule has 4 heterocycles. The Labute approximate surface area is 220 Å². The number of hydrogen-bond donors (Lipinski definition) is 0. The molecule has 2 aromatic heterocycles. The summed E-state index contributed by atoms with van der Waals surface area (Å²) in [5.74, 6) is 0.775. The highest BCUT2D eigenvalue weighted by Gasteiger charge is 2.33. The Balaban J connectivity index is 1.46. The summed E-state index contributed by atoms with van der Waals surface area (Å²) in [6.45, 7) is 8.78. The van der Waals surface area contributed by atoms with Gasteiger partial charge in [-0.15, -0.1) is 0 Å². The molecule has 2 aliphatic heterocycles. The standard InChI is InChI=1S/C27H29N5O2S2/c1-19(2)17-32-26(34)22(36-27(32)35)16-21-24(28-23-10-6-7-11-31(23)25(21)33)30-14-12-29(13-15-30)18-20-8-4-3-5-9-20/h3-11,16,19H,12-15,17-18H2,1-2H3/b22-16+. The lowest BCUT2D eigenvalue weighted by Crippen LogP contribution is -2.47. The molecule has 0 radical (unpaired) electrons. The summed E-state index contributed by atoms with van der Waals surface area (Å²) >= 11 is 6.73. The van der Waals surface area contributed by atoms with Crippen molar-refractivity contribution >= 4 is 51.7 Å². The zero-order chi connectivity index (χ0) is 25.2. The highest BCUT2D eigenvalue weighted by atomic mass is 32.2. The van der Waals surface area contributed by atoms with Gasteiger partial charge in [0.05, 0.1) is 10.5 Å². The van der Waals surface area contributed by atoms with Gasteiger partial charge in [0, 0.05) is 45.5 Å². The van der Waals surface area contributed by atoms with Crippen LogP contribution < -0.4 is 10.5 Å². The molecule has 36 heavy (non-hydrogen) atoms. The molecule has 1 amide bonds. The second-order valence-corrected chi connectivity index (χ2v) is 11.2. The average molecular weight is 520 g/mol. The summed E-state index contributed by atoms with van der Waals surface area (Å²) in [6, 6.07) is 16.0. The fraction of sp³-hybridized carbons (Fsp3) is 0.333. The number of thioether (sulfide) groups is 1. The first-order chi connectivity index (χ1) is 17.4. The highest BCUT2D eigenvalue weighted by molar-refractivity contribution is 8.26. The molecule has 0 spiro atoms. The maximum Gasteiger partial charge on any atom is 0.267 e. The topological polar surface area (TPSA) is 61.2 Å². The molecule has 1 aromatic carbocycles. The van der Waals surface area contributed by atoms with E-state index in [1.807, 2.05) is 24.3 Å². The maximum atomic E-state index is 13.6. The van der Waals surface area contributed by atoms with Gasteiger partial charge in [-0.25, -0.2) is 4.98 Å². The lowest BCUT2D eigenvalue weighted by molar-refractivity contribution is -0.122. The van der Waals surface area contributed by atoms with E-state index in [1.165, 1.54) is 21.7 Å². The molecule has 0 bridgehead atoms. The SMILES string of the molecule is CC(C)CN1C(=O)/C(=C\c2c(N3CCN(Cc4ccccc4)CC3)nc3ccccn3c2=O)SC1=S. The predicted octanol–water partition coefficient (Wildman–Crippen LogP) is 3.87. The molecule has 2 saturated heterocycles. The fourth-order valence-electron chi connectivity index (χ4n) is 4.57. The molecular weight excluding hydrogens is 490 g/mol. The van der Waals surface area contributed by atoms with Crippen molar-refractivity contribution in [2.24, 2.45) is 5.92 Å². The zero-order valence-electron chi connectivity index (χ0n) is 20.5. The van der Waals surface area contributed by atoms with E-state index in [4.69, 9.17) is 17.2 Å². The lowest BCUT2D eigenvalue weighted by atomic mass is 10.1. The van der Waals surface area contributed by atoms with E-state index in [1.54, 1.807) is 17.2 Å². The van der Waals surface area contributed by atoms with Crippen molar-refractivity contribution in [2.45, 2.75) is 20.4 Å². The van der Waals surface area contributed by atoms with Gasteiger partial charge in [-0.2, -0.15) is 0 Å². The number of anilines is 1. The number of thiocarbonyl (C=S) groups is 1. The monoisotopic (exact) mass is 519 g/mol. The van der Waals surface area contributed by atoms with Crippen molar-refractivity contribution in [3.8, 4) is 0 Å². The first-order valence-electron chi connectivity index (χ1n) is 12.2. The number of benzene rings is 1. The normalized spacial score (nSPS) is 18.2. The van der Waals surface area contributed by atoms with E-state index in [-0.39, 0.29) is 11.5 Å². The molecule has 2 aliphatic rings. The summed E-state index contributed by atoms with van der Waals surface area (Å²) in [4.78, 5) is 38.3. The summed E-state index contributed by atoms with van der Waals surface area (Å²) in [7, 11) is 0. The number of amides is 1. The number of piperazine rings is 1. The first kappa shape index (κ1) is 24.7. The van der Waals surface area contributed by atoms with Crippen LogP contribution in [0.4, 0.5) is 5.82 Å². The fourth-order valence-corrected chi connectivity index (χ4v) is 5.83. The number of fused-ring (bicyclic) bond motifs is 1. The van der Waals surface area contributed by atoms with E-state index >= 15 is 0 Å². The predicted molar refractivity (Wildman–Crippen MR) is 150 cm³/mol. The molecule has 0 atom stereocenters. The molecule has 9 heteroatoms. The number of hydrogen-bond acceptors (Lipinski definition) is 7. The van der Waals surface area contributed by atoms with Crippen LogP contribution in [0.2, 0.25) is 0 Å². The van der Waals surface area contributed by atoms with Gasteiger partial charge in [0.25, 0.3) is 11.5 Å². The third kappa shape index (κ3) is 5.09. The van der Waals surface area contributed by atoms with Crippen molar-refractivity contribution in [3.05, 3.63) is 81.1 Å². The maximum absolute atomic E-state index is 13.6. The van der Waals surface area contributed by atoms with Crippen LogP contribution in [0.25, 0.3) is 11.7 Å². The van der Waals surface area contributed by atoms with Crippen molar-refractivity contribution in [3.63, 3.8) is 0 Å². The van der Waals surface area contributed by atoms with Crippen LogP contribution in [0.15, 0.2) is 64.4 Å². The minimum atomic E-state index is -0.184. The van der Waals surface area contributed by atoms with Gasteiger partial charge in [-0.05, 0) is 29.7 Å². The van der Waals surface area contributed by atoms with Crippen LogP contribution >= 0.6 is 24.0 Å². The van der Waals surface area contributed by atoms with Crippen LogP contribution in [-0.2, 0) is 11.3 Å². The van der Waals surface area contributed by atoms with Gasteiger partial charge in [0.15, 0.2) is 0 Å². The summed E-state index contributed by atoms with van der Waals surface area (Å²) in [5.41, 5.74) is 2.13. The Kier molecular flexibility index (Phi) is 7.22. The van der Waals surface area contributed by atoms with E-state index in [2.05, 4.69) is 47.9 Å². The van der Waals surface area contributed by atoms with Crippen molar-refractivity contribution in [1.29, 1.82) is 0 Å². The van der Waals surface area contributed by atoms with Crippen LogP contribution in [0.5, 0.6) is 0 Å². The highest BCUT2D eigenvalue weighted by Crippen LogP contribution is 2.34. The molecule has 186 valence electrons. The Bertz CT molecular complexity index is 1380. The van der Waals surface area contributed by atoms with Gasteiger partial charge in [-0.3, -0.25) is 23.8 Å². The number of rotatable bonds is 6. The number of aromatic nitrogens is 2. The molecule has 0 aliphatic carbocycles. The third-order valence-electron chi connectivity index (χ3n) is 6.37. The van der Waals surface area contributed by atoms with Crippen molar-refractivity contribution < 1.29 is 4.79 Å². The van der Waals surface area contributed by atoms with E-state index in [0.717, 1.165) is 32.7 Å². The molecule has 3 aromatic rings. The Morgan fingerprint density at radius 1 is 1.03 bits per heavy atom. The van der Waals surface area contributed by atoms with Crippen molar-refractivity contribution in [2.75, 3.05) is 37.6 Å². The smallest absolute Gasteiger partial charge is 0.267 e. The van der Waals surface area contributed by atoms with Gasteiger partial charge in [0.2, 0.25) is 0 Å². The molecule has 0 N–H and O–H groups in total. The second kappa shape index (κ2) is 10.5. The van der Waals surface area contributed by atoms with Gasteiger partial charge < -0.3 is 4.90 Å².